The van der Waals surface area contributed by atoms with Crippen LogP contribution in [-0.2, 0) is 4.79 Å². The van der Waals surface area contributed by atoms with Gasteiger partial charge in [-0.05, 0) is 24.6 Å². The average Bonchev–Trinajstić information content (AvgIpc) is 2.36. The lowest BCUT2D eigenvalue weighted by molar-refractivity contribution is -0.130. The van der Waals surface area contributed by atoms with E-state index in [4.69, 9.17) is 4.74 Å². The fraction of sp³-hybridized carbons (Fsp3) is 0.533. The zero-order valence-electron chi connectivity index (χ0n) is 12.2. The number of rotatable bonds is 4. The van der Waals surface area contributed by atoms with Crippen LogP contribution in [-0.4, -0.2) is 24.2 Å². The number of carbonyl (C=O) groups excluding carboxylic acids is 1. The topological polar surface area (TPSA) is 58.6 Å². The third kappa shape index (κ3) is 4.24. The van der Waals surface area contributed by atoms with Gasteiger partial charge in [0.25, 0.3) is 0 Å². The second-order valence-electron chi connectivity index (χ2n) is 5.73. The van der Waals surface area contributed by atoms with Gasteiger partial charge in [0.15, 0.2) is 0 Å². The van der Waals surface area contributed by atoms with Gasteiger partial charge in [-0.15, -0.1) is 0 Å². The van der Waals surface area contributed by atoms with Gasteiger partial charge in [0.05, 0.1) is 19.3 Å². The molecule has 0 aliphatic heterocycles. The van der Waals surface area contributed by atoms with Crippen molar-refractivity contribution in [2.75, 3.05) is 7.11 Å². The fourth-order valence-electron chi connectivity index (χ4n) is 1.59. The standard InChI is InChI=1S/C15H23NO3/c1-10(16-14(18)15(2,3)4)13(17)11-6-8-12(19-5)9-7-11/h6-10,13,17H,1-5H3,(H,16,18). The summed E-state index contributed by atoms with van der Waals surface area (Å²) in [6.45, 7) is 7.32. The number of ether oxygens (including phenoxy) is 1. The van der Waals surface area contributed by atoms with Gasteiger partial charge in [-0.1, -0.05) is 32.9 Å². The maximum Gasteiger partial charge on any atom is 0.225 e. The first kappa shape index (κ1) is 15.5. The van der Waals surface area contributed by atoms with Crippen molar-refractivity contribution in [3.63, 3.8) is 0 Å². The molecule has 4 heteroatoms. The van der Waals surface area contributed by atoms with Gasteiger partial charge in [0.2, 0.25) is 5.91 Å². The lowest BCUT2D eigenvalue weighted by Gasteiger charge is -2.25. The summed E-state index contributed by atoms with van der Waals surface area (Å²) in [5.41, 5.74) is 0.288. The average molecular weight is 265 g/mol. The van der Waals surface area contributed by atoms with Gasteiger partial charge in [-0.2, -0.15) is 0 Å². The minimum atomic E-state index is -0.739. The van der Waals surface area contributed by atoms with E-state index in [0.717, 1.165) is 11.3 Å². The van der Waals surface area contributed by atoms with Crippen molar-refractivity contribution in [1.82, 2.24) is 5.32 Å². The van der Waals surface area contributed by atoms with Crippen LogP contribution in [0.4, 0.5) is 0 Å². The van der Waals surface area contributed by atoms with Gasteiger partial charge >= 0.3 is 0 Å². The first-order valence-electron chi connectivity index (χ1n) is 6.38. The van der Waals surface area contributed by atoms with E-state index in [1.807, 2.05) is 20.8 Å². The van der Waals surface area contributed by atoms with Crippen molar-refractivity contribution in [3.05, 3.63) is 29.8 Å². The first-order chi connectivity index (χ1) is 8.75. The summed E-state index contributed by atoms with van der Waals surface area (Å²) in [6, 6.07) is 6.82. The molecule has 1 aromatic carbocycles. The molecule has 0 aromatic heterocycles. The lowest BCUT2D eigenvalue weighted by atomic mass is 9.94. The van der Waals surface area contributed by atoms with Crippen LogP contribution >= 0.6 is 0 Å². The van der Waals surface area contributed by atoms with E-state index >= 15 is 0 Å². The van der Waals surface area contributed by atoms with Crippen LogP contribution < -0.4 is 10.1 Å². The number of nitrogens with one attached hydrogen (secondary N) is 1. The molecule has 19 heavy (non-hydrogen) atoms. The molecule has 1 aromatic rings. The molecule has 106 valence electrons. The Hall–Kier alpha value is -1.55. The molecular formula is C15H23NO3. The van der Waals surface area contributed by atoms with Crippen LogP contribution in [0.1, 0.15) is 39.4 Å². The highest BCUT2D eigenvalue weighted by molar-refractivity contribution is 5.81. The molecule has 1 rings (SSSR count). The van der Waals surface area contributed by atoms with E-state index in [2.05, 4.69) is 5.32 Å². The number of methoxy groups -OCH3 is 1. The number of hydrogen-bond donors (Lipinski definition) is 2. The first-order valence-corrected chi connectivity index (χ1v) is 6.38. The van der Waals surface area contributed by atoms with Crippen molar-refractivity contribution in [2.24, 2.45) is 5.41 Å². The van der Waals surface area contributed by atoms with E-state index in [-0.39, 0.29) is 11.9 Å². The zero-order valence-corrected chi connectivity index (χ0v) is 12.2. The Labute approximate surface area is 114 Å². The van der Waals surface area contributed by atoms with Crippen LogP contribution in [0.2, 0.25) is 0 Å². The number of carbonyl (C=O) groups is 1. The highest BCUT2D eigenvalue weighted by Crippen LogP contribution is 2.21. The van der Waals surface area contributed by atoms with E-state index in [1.165, 1.54) is 0 Å². The maximum absolute atomic E-state index is 11.9. The monoisotopic (exact) mass is 265 g/mol. The summed E-state index contributed by atoms with van der Waals surface area (Å²) in [5.74, 6) is 0.662. The molecule has 2 atom stereocenters. The third-order valence-electron chi connectivity index (χ3n) is 2.97. The maximum atomic E-state index is 11.9. The Balaban J connectivity index is 2.70. The Morgan fingerprint density at radius 2 is 1.79 bits per heavy atom. The van der Waals surface area contributed by atoms with Gasteiger partial charge < -0.3 is 15.2 Å². The van der Waals surface area contributed by atoms with E-state index < -0.39 is 11.5 Å². The molecule has 0 saturated carbocycles. The van der Waals surface area contributed by atoms with Gasteiger partial charge in [-0.25, -0.2) is 0 Å². The van der Waals surface area contributed by atoms with E-state index in [1.54, 1.807) is 38.3 Å². The van der Waals surface area contributed by atoms with Crippen molar-refractivity contribution in [3.8, 4) is 5.75 Å². The molecule has 0 heterocycles. The summed E-state index contributed by atoms with van der Waals surface area (Å²) in [4.78, 5) is 11.9. The second kappa shape index (κ2) is 6.06. The minimum absolute atomic E-state index is 0.0763. The van der Waals surface area contributed by atoms with Crippen LogP contribution in [0.15, 0.2) is 24.3 Å². The lowest BCUT2D eigenvalue weighted by Crippen LogP contribution is -2.43. The summed E-state index contributed by atoms with van der Waals surface area (Å²) in [5, 5.41) is 13.0. The molecule has 2 unspecified atom stereocenters. The van der Waals surface area contributed by atoms with Crippen molar-refractivity contribution < 1.29 is 14.6 Å². The summed E-state index contributed by atoms with van der Waals surface area (Å²) in [7, 11) is 1.59. The molecule has 0 aliphatic rings. The Morgan fingerprint density at radius 1 is 1.26 bits per heavy atom. The summed E-state index contributed by atoms with van der Waals surface area (Å²) < 4.78 is 5.07. The fourth-order valence-corrected chi connectivity index (χ4v) is 1.59. The molecule has 0 radical (unpaired) electrons. The molecule has 4 nitrogen and oxygen atoms in total. The van der Waals surface area contributed by atoms with Crippen LogP contribution in [0.25, 0.3) is 0 Å². The number of benzene rings is 1. The van der Waals surface area contributed by atoms with Gasteiger partial charge in [0.1, 0.15) is 5.75 Å². The SMILES string of the molecule is COc1ccc(C(O)C(C)NC(=O)C(C)(C)C)cc1. The van der Waals surface area contributed by atoms with Crippen LogP contribution in [0, 0.1) is 5.41 Å². The number of aliphatic hydroxyl groups is 1. The quantitative estimate of drug-likeness (QED) is 0.878. The van der Waals surface area contributed by atoms with Crippen LogP contribution in [0.3, 0.4) is 0 Å². The number of hydrogen-bond acceptors (Lipinski definition) is 3. The van der Waals surface area contributed by atoms with Crippen molar-refractivity contribution >= 4 is 5.91 Å². The Bertz CT molecular complexity index is 420. The Morgan fingerprint density at radius 3 is 2.21 bits per heavy atom. The zero-order chi connectivity index (χ0) is 14.6. The normalized spacial score (nSPS) is 14.6. The Kier molecular flexibility index (Phi) is 4.95. The highest BCUT2D eigenvalue weighted by Gasteiger charge is 2.25. The molecule has 0 aliphatic carbocycles. The van der Waals surface area contributed by atoms with E-state index in [0.29, 0.717) is 0 Å². The molecular weight excluding hydrogens is 242 g/mol. The van der Waals surface area contributed by atoms with Gasteiger partial charge in [0, 0.05) is 5.41 Å². The predicted molar refractivity (Wildman–Crippen MR) is 75.0 cm³/mol. The molecule has 0 bridgehead atoms. The smallest absolute Gasteiger partial charge is 0.225 e. The van der Waals surface area contributed by atoms with Crippen molar-refractivity contribution in [1.29, 1.82) is 0 Å². The van der Waals surface area contributed by atoms with Crippen LogP contribution in [0.5, 0.6) is 5.75 Å². The molecule has 2 N–H and O–H groups in total. The molecule has 1 amide bonds. The van der Waals surface area contributed by atoms with Crippen molar-refractivity contribution in [2.45, 2.75) is 39.8 Å². The minimum Gasteiger partial charge on any atom is -0.497 e. The second-order valence-corrected chi connectivity index (χ2v) is 5.73. The highest BCUT2D eigenvalue weighted by atomic mass is 16.5. The predicted octanol–water partition coefficient (Wildman–Crippen LogP) is 2.28. The molecule has 0 saturated heterocycles. The van der Waals surface area contributed by atoms with E-state index in [9.17, 15) is 9.90 Å². The molecule has 0 spiro atoms. The number of amides is 1. The molecule has 0 fully saturated rings. The largest absolute Gasteiger partial charge is 0.497 e. The third-order valence-corrected chi connectivity index (χ3v) is 2.97. The van der Waals surface area contributed by atoms with Gasteiger partial charge in [-0.3, -0.25) is 4.79 Å². The summed E-state index contributed by atoms with van der Waals surface area (Å²) in [6.07, 6.45) is -0.739. The number of aliphatic hydroxyl groups excluding tert-OH is 1. The summed E-state index contributed by atoms with van der Waals surface area (Å²) >= 11 is 0.